The van der Waals surface area contributed by atoms with Crippen molar-refractivity contribution >= 4 is 26.7 Å². The second-order valence-electron chi connectivity index (χ2n) is 6.79. The van der Waals surface area contributed by atoms with E-state index in [0.29, 0.717) is 6.04 Å². The molecular formula is C19H22BrN. The second kappa shape index (κ2) is 5.40. The lowest BCUT2D eigenvalue weighted by Gasteiger charge is -2.31. The van der Waals surface area contributed by atoms with E-state index in [9.17, 15) is 0 Å². The zero-order chi connectivity index (χ0) is 14.4. The smallest absolute Gasteiger partial charge is 0.0355 e. The summed E-state index contributed by atoms with van der Waals surface area (Å²) in [4.78, 5) is 0. The molecule has 2 fully saturated rings. The summed E-state index contributed by atoms with van der Waals surface area (Å²) in [6.45, 7) is 0. The van der Waals surface area contributed by atoms with E-state index in [1.165, 1.54) is 46.5 Å². The molecule has 2 aromatic carbocycles. The van der Waals surface area contributed by atoms with Gasteiger partial charge in [-0.15, -0.1) is 0 Å². The summed E-state index contributed by atoms with van der Waals surface area (Å²) in [5.74, 6) is 2.76. The molecule has 110 valence electrons. The zero-order valence-electron chi connectivity index (χ0n) is 12.5. The molecule has 0 heterocycles. The first-order chi connectivity index (χ1) is 10.3. The monoisotopic (exact) mass is 343 g/mol. The lowest BCUT2D eigenvalue weighted by molar-refractivity contribution is 0.260. The highest BCUT2D eigenvalue weighted by Gasteiger charge is 2.43. The van der Waals surface area contributed by atoms with Crippen LogP contribution in [0, 0.1) is 17.8 Å². The fourth-order valence-corrected chi connectivity index (χ4v) is 5.34. The summed E-state index contributed by atoms with van der Waals surface area (Å²) in [6.07, 6.45) is 5.80. The Balaban J connectivity index is 1.79. The van der Waals surface area contributed by atoms with Gasteiger partial charge in [0, 0.05) is 10.5 Å². The van der Waals surface area contributed by atoms with Crippen molar-refractivity contribution in [3.63, 3.8) is 0 Å². The van der Waals surface area contributed by atoms with Crippen LogP contribution in [0.4, 0.5) is 0 Å². The molecule has 21 heavy (non-hydrogen) atoms. The van der Waals surface area contributed by atoms with Gasteiger partial charge < -0.3 is 5.32 Å². The van der Waals surface area contributed by atoms with Gasteiger partial charge in [-0.1, -0.05) is 52.7 Å². The van der Waals surface area contributed by atoms with E-state index in [0.717, 1.165) is 17.8 Å². The Labute approximate surface area is 135 Å². The molecule has 1 N–H and O–H groups in total. The first-order valence-electron chi connectivity index (χ1n) is 8.12. The standard InChI is InChI=1S/C19H22BrN/c1-21-19(17-11-12-6-7-13(17)10-12)16-8-9-18(20)15-5-3-2-4-14(15)16/h2-5,8-9,12-13,17,19,21H,6-7,10-11H2,1H3. The molecule has 2 heteroatoms. The van der Waals surface area contributed by atoms with Crippen LogP contribution in [0.3, 0.4) is 0 Å². The number of benzene rings is 2. The lowest BCUT2D eigenvalue weighted by atomic mass is 9.79. The molecule has 0 saturated heterocycles. The zero-order valence-corrected chi connectivity index (χ0v) is 14.1. The maximum atomic E-state index is 3.70. The van der Waals surface area contributed by atoms with Crippen LogP contribution in [0.2, 0.25) is 0 Å². The van der Waals surface area contributed by atoms with Crippen LogP contribution in [-0.4, -0.2) is 7.05 Å². The highest BCUT2D eigenvalue weighted by Crippen LogP contribution is 2.53. The lowest BCUT2D eigenvalue weighted by Crippen LogP contribution is -2.29. The predicted octanol–water partition coefficient (Wildman–Crippen LogP) is 5.30. The Morgan fingerprint density at radius 2 is 1.86 bits per heavy atom. The number of hydrogen-bond donors (Lipinski definition) is 1. The van der Waals surface area contributed by atoms with Gasteiger partial charge >= 0.3 is 0 Å². The van der Waals surface area contributed by atoms with E-state index < -0.39 is 0 Å². The molecular weight excluding hydrogens is 322 g/mol. The molecule has 4 unspecified atom stereocenters. The molecule has 0 radical (unpaired) electrons. The van der Waals surface area contributed by atoms with Crippen molar-refractivity contribution in [1.82, 2.24) is 5.32 Å². The molecule has 0 spiro atoms. The summed E-state index contributed by atoms with van der Waals surface area (Å²) in [7, 11) is 2.13. The maximum absolute atomic E-state index is 3.70. The maximum Gasteiger partial charge on any atom is 0.0355 e. The van der Waals surface area contributed by atoms with E-state index >= 15 is 0 Å². The van der Waals surface area contributed by atoms with E-state index in [2.05, 4.69) is 64.7 Å². The normalized spacial score (nSPS) is 29.1. The number of halogens is 1. The molecule has 2 aliphatic rings. The molecule has 0 aromatic heterocycles. The minimum absolute atomic E-state index is 0.498. The SMILES string of the molecule is CNC(c1ccc(Br)c2ccccc12)C1CC2CCC1C2. The Hall–Kier alpha value is -0.860. The number of fused-ring (bicyclic) bond motifs is 3. The topological polar surface area (TPSA) is 12.0 Å². The van der Waals surface area contributed by atoms with Gasteiger partial charge in [-0.05, 0) is 66.5 Å². The van der Waals surface area contributed by atoms with Gasteiger partial charge in [-0.3, -0.25) is 0 Å². The highest BCUT2D eigenvalue weighted by molar-refractivity contribution is 9.10. The van der Waals surface area contributed by atoms with Crippen molar-refractivity contribution < 1.29 is 0 Å². The summed E-state index contributed by atoms with van der Waals surface area (Å²) in [5, 5.41) is 6.37. The Morgan fingerprint density at radius 3 is 2.52 bits per heavy atom. The van der Waals surface area contributed by atoms with E-state index in [-0.39, 0.29) is 0 Å². The van der Waals surface area contributed by atoms with Crippen molar-refractivity contribution in [3.05, 3.63) is 46.4 Å². The van der Waals surface area contributed by atoms with Gasteiger partial charge in [0.05, 0.1) is 0 Å². The summed E-state index contributed by atoms with van der Waals surface area (Å²) < 4.78 is 1.20. The largest absolute Gasteiger partial charge is 0.313 e. The second-order valence-corrected chi connectivity index (χ2v) is 7.64. The Kier molecular flexibility index (Phi) is 3.55. The van der Waals surface area contributed by atoms with Crippen LogP contribution in [0.25, 0.3) is 10.8 Å². The van der Waals surface area contributed by atoms with Crippen LogP contribution in [0.15, 0.2) is 40.9 Å². The molecule has 2 saturated carbocycles. The molecule has 0 amide bonds. The summed E-state index contributed by atoms with van der Waals surface area (Å²) in [5.41, 5.74) is 1.48. The number of rotatable bonds is 3. The number of nitrogens with one attached hydrogen (secondary N) is 1. The third-order valence-corrected chi connectivity index (χ3v) is 6.46. The van der Waals surface area contributed by atoms with Gasteiger partial charge in [0.2, 0.25) is 0 Å². The highest BCUT2D eigenvalue weighted by atomic mass is 79.9. The fraction of sp³-hybridized carbons (Fsp3) is 0.474. The van der Waals surface area contributed by atoms with E-state index in [4.69, 9.17) is 0 Å². The Morgan fingerprint density at radius 1 is 1.05 bits per heavy atom. The van der Waals surface area contributed by atoms with Crippen molar-refractivity contribution in [2.45, 2.75) is 31.7 Å². The van der Waals surface area contributed by atoms with E-state index in [1.807, 2.05) is 0 Å². The van der Waals surface area contributed by atoms with Crippen molar-refractivity contribution in [1.29, 1.82) is 0 Å². The summed E-state index contributed by atoms with van der Waals surface area (Å²) >= 11 is 3.70. The fourth-order valence-electron chi connectivity index (χ4n) is 4.86. The van der Waals surface area contributed by atoms with Crippen LogP contribution in [0.1, 0.15) is 37.3 Å². The molecule has 4 atom stereocenters. The van der Waals surface area contributed by atoms with Crippen molar-refractivity contribution in [2.24, 2.45) is 17.8 Å². The van der Waals surface area contributed by atoms with Gasteiger partial charge in [0.1, 0.15) is 0 Å². The minimum atomic E-state index is 0.498. The van der Waals surface area contributed by atoms with Gasteiger partial charge in [0.15, 0.2) is 0 Å². The molecule has 4 rings (SSSR count). The third-order valence-electron chi connectivity index (χ3n) is 5.77. The van der Waals surface area contributed by atoms with Gasteiger partial charge in [-0.25, -0.2) is 0 Å². The molecule has 0 aliphatic heterocycles. The molecule has 2 aromatic rings. The van der Waals surface area contributed by atoms with Crippen LogP contribution < -0.4 is 5.32 Å². The van der Waals surface area contributed by atoms with Crippen molar-refractivity contribution in [2.75, 3.05) is 7.05 Å². The number of hydrogen-bond acceptors (Lipinski definition) is 1. The van der Waals surface area contributed by atoms with E-state index in [1.54, 1.807) is 0 Å². The molecule has 2 bridgehead atoms. The van der Waals surface area contributed by atoms with Gasteiger partial charge in [-0.2, -0.15) is 0 Å². The first kappa shape index (κ1) is 13.8. The van der Waals surface area contributed by atoms with Gasteiger partial charge in [0.25, 0.3) is 0 Å². The van der Waals surface area contributed by atoms with Crippen LogP contribution in [0.5, 0.6) is 0 Å². The molecule has 2 aliphatic carbocycles. The average Bonchev–Trinajstić information content (AvgIpc) is 3.14. The van der Waals surface area contributed by atoms with Crippen LogP contribution in [-0.2, 0) is 0 Å². The minimum Gasteiger partial charge on any atom is -0.313 e. The first-order valence-corrected chi connectivity index (χ1v) is 8.91. The quantitative estimate of drug-likeness (QED) is 0.797. The van der Waals surface area contributed by atoms with Crippen LogP contribution >= 0.6 is 15.9 Å². The Bertz CT molecular complexity index is 666. The van der Waals surface area contributed by atoms with Crippen molar-refractivity contribution in [3.8, 4) is 0 Å². The third kappa shape index (κ3) is 2.24. The molecule has 1 nitrogen and oxygen atoms in total. The predicted molar refractivity (Wildman–Crippen MR) is 92.4 cm³/mol. The average molecular weight is 344 g/mol. The summed E-state index contributed by atoms with van der Waals surface area (Å²) in [6, 6.07) is 13.8.